The van der Waals surface area contributed by atoms with E-state index in [2.05, 4.69) is 15.3 Å². The molecule has 0 bridgehead atoms. The highest BCUT2D eigenvalue weighted by atomic mass is 32.1. The van der Waals surface area contributed by atoms with Crippen molar-refractivity contribution >= 4 is 17.2 Å². The molecule has 1 fully saturated rings. The van der Waals surface area contributed by atoms with Crippen molar-refractivity contribution in [1.29, 1.82) is 0 Å². The van der Waals surface area contributed by atoms with Gasteiger partial charge in [-0.3, -0.25) is 4.79 Å². The normalized spacial score (nSPS) is 17.9. The molecule has 3 rings (SSSR count). The van der Waals surface area contributed by atoms with Crippen LogP contribution in [0.15, 0.2) is 24.4 Å². The van der Waals surface area contributed by atoms with Crippen LogP contribution in [0.25, 0.3) is 0 Å². The summed E-state index contributed by atoms with van der Waals surface area (Å²) in [5.74, 6) is 1.12. The van der Waals surface area contributed by atoms with Gasteiger partial charge < -0.3 is 10.1 Å². The lowest BCUT2D eigenvalue weighted by atomic mass is 10.0. The van der Waals surface area contributed by atoms with E-state index in [4.69, 9.17) is 4.74 Å². The Morgan fingerprint density at radius 1 is 1.43 bits per heavy atom. The third kappa shape index (κ3) is 4.59. The van der Waals surface area contributed by atoms with Gasteiger partial charge in [0.2, 0.25) is 5.91 Å². The van der Waals surface area contributed by atoms with Gasteiger partial charge in [0, 0.05) is 28.5 Å². The van der Waals surface area contributed by atoms with Crippen molar-refractivity contribution in [1.82, 2.24) is 15.3 Å². The Morgan fingerprint density at radius 2 is 2.35 bits per heavy atom. The lowest BCUT2D eigenvalue weighted by Crippen LogP contribution is -2.25. The lowest BCUT2D eigenvalue weighted by Gasteiger charge is -2.20. The Hall–Kier alpha value is -1.79. The Balaban J connectivity index is 1.54. The maximum atomic E-state index is 12.0. The molecule has 0 aliphatic carbocycles. The fourth-order valence-corrected chi connectivity index (χ4v) is 3.53. The Kier molecular flexibility index (Phi) is 5.35. The second kappa shape index (κ2) is 7.66. The number of ether oxygens (including phenoxy) is 1. The highest BCUT2D eigenvalue weighted by Gasteiger charge is 2.18. The molecule has 1 aliphatic rings. The van der Waals surface area contributed by atoms with Crippen LogP contribution in [-0.2, 0) is 22.5 Å². The molecule has 0 radical (unpaired) electrons. The van der Waals surface area contributed by atoms with Crippen molar-refractivity contribution in [3.05, 3.63) is 45.7 Å². The molecule has 6 heteroatoms. The maximum absolute atomic E-state index is 12.0. The molecule has 5 nitrogen and oxygen atoms in total. The largest absolute Gasteiger partial charge is 0.381 e. The average molecular weight is 331 g/mol. The van der Waals surface area contributed by atoms with Gasteiger partial charge in [-0.15, -0.1) is 11.3 Å². The number of aromatic nitrogens is 2. The molecule has 0 saturated carbocycles. The molecule has 2 aromatic heterocycles. The molecule has 2 aromatic rings. The zero-order valence-electron chi connectivity index (χ0n) is 13.2. The molecule has 1 atom stereocenters. The molecule has 1 saturated heterocycles. The van der Waals surface area contributed by atoms with Crippen molar-refractivity contribution in [3.63, 3.8) is 0 Å². The van der Waals surface area contributed by atoms with E-state index in [1.807, 2.05) is 25.1 Å². The van der Waals surface area contributed by atoms with Crippen molar-refractivity contribution in [3.8, 4) is 0 Å². The van der Waals surface area contributed by atoms with E-state index in [1.165, 1.54) is 4.88 Å². The number of hydrogen-bond acceptors (Lipinski definition) is 5. The van der Waals surface area contributed by atoms with Crippen LogP contribution in [0.5, 0.6) is 0 Å². The van der Waals surface area contributed by atoms with Crippen molar-refractivity contribution in [2.45, 2.75) is 38.6 Å². The number of nitrogens with one attached hydrogen (secondary N) is 1. The Bertz CT molecular complexity index is 665. The predicted octanol–water partition coefficient (Wildman–Crippen LogP) is 2.60. The number of carbonyl (C=O) groups is 1. The first kappa shape index (κ1) is 16.1. The monoisotopic (exact) mass is 331 g/mol. The Morgan fingerprint density at radius 3 is 3.09 bits per heavy atom. The van der Waals surface area contributed by atoms with Crippen LogP contribution in [0, 0.1) is 6.92 Å². The van der Waals surface area contributed by atoms with E-state index in [9.17, 15) is 4.79 Å². The zero-order chi connectivity index (χ0) is 16.1. The standard InChI is InChI=1S/C17H21N3O2S/c1-12-4-5-15(23-12)9-16(21)19-10-14-6-7-18-17(20-14)13-3-2-8-22-11-13/h4-7,13H,2-3,8-11H2,1H3,(H,19,21). The highest BCUT2D eigenvalue weighted by molar-refractivity contribution is 7.12. The first-order chi connectivity index (χ1) is 11.2. The van der Waals surface area contributed by atoms with Gasteiger partial charge in [-0.25, -0.2) is 9.97 Å². The van der Waals surface area contributed by atoms with Gasteiger partial charge in [-0.05, 0) is 38.0 Å². The summed E-state index contributed by atoms with van der Waals surface area (Å²) in [5.41, 5.74) is 0.844. The van der Waals surface area contributed by atoms with Crippen LogP contribution in [0.3, 0.4) is 0 Å². The minimum absolute atomic E-state index is 0.0213. The minimum atomic E-state index is 0.0213. The number of carbonyl (C=O) groups excluding carboxylic acids is 1. The van der Waals surface area contributed by atoms with E-state index in [0.717, 1.165) is 35.8 Å². The van der Waals surface area contributed by atoms with Gasteiger partial charge in [-0.1, -0.05) is 0 Å². The topological polar surface area (TPSA) is 64.1 Å². The fraction of sp³-hybridized carbons (Fsp3) is 0.471. The van der Waals surface area contributed by atoms with Crippen LogP contribution in [0.1, 0.15) is 40.0 Å². The SMILES string of the molecule is Cc1ccc(CC(=O)NCc2ccnc(C3CCCOC3)n2)s1. The molecule has 1 N–H and O–H groups in total. The van der Waals surface area contributed by atoms with E-state index >= 15 is 0 Å². The molecule has 122 valence electrons. The van der Waals surface area contributed by atoms with E-state index in [-0.39, 0.29) is 11.8 Å². The van der Waals surface area contributed by atoms with Crippen molar-refractivity contribution < 1.29 is 9.53 Å². The highest BCUT2D eigenvalue weighted by Crippen LogP contribution is 2.22. The predicted molar refractivity (Wildman–Crippen MR) is 89.4 cm³/mol. The summed E-state index contributed by atoms with van der Waals surface area (Å²) in [4.78, 5) is 23.3. The van der Waals surface area contributed by atoms with Crippen LogP contribution < -0.4 is 5.32 Å². The number of nitrogens with zero attached hydrogens (tertiary/aromatic N) is 2. The van der Waals surface area contributed by atoms with E-state index < -0.39 is 0 Å². The van der Waals surface area contributed by atoms with Gasteiger partial charge in [0.15, 0.2) is 0 Å². The minimum Gasteiger partial charge on any atom is -0.381 e. The fourth-order valence-electron chi connectivity index (χ4n) is 2.64. The second-order valence-electron chi connectivity index (χ2n) is 5.79. The number of thiophene rings is 1. The number of rotatable bonds is 5. The summed E-state index contributed by atoms with van der Waals surface area (Å²) in [7, 11) is 0. The van der Waals surface area contributed by atoms with Crippen molar-refractivity contribution in [2.24, 2.45) is 0 Å². The third-order valence-electron chi connectivity index (χ3n) is 3.85. The van der Waals surface area contributed by atoms with Crippen LogP contribution in [0.4, 0.5) is 0 Å². The molecule has 0 spiro atoms. The first-order valence-electron chi connectivity index (χ1n) is 7.92. The molecule has 3 heterocycles. The van der Waals surface area contributed by atoms with Gasteiger partial charge in [-0.2, -0.15) is 0 Å². The quantitative estimate of drug-likeness (QED) is 0.915. The molecule has 1 unspecified atom stereocenters. The smallest absolute Gasteiger partial charge is 0.225 e. The first-order valence-corrected chi connectivity index (χ1v) is 8.74. The van der Waals surface area contributed by atoms with Crippen molar-refractivity contribution in [2.75, 3.05) is 13.2 Å². The summed E-state index contributed by atoms with van der Waals surface area (Å²) in [6.07, 6.45) is 4.30. The summed E-state index contributed by atoms with van der Waals surface area (Å²) in [6, 6.07) is 5.89. The number of aryl methyl sites for hydroxylation is 1. The number of amides is 1. The van der Waals surface area contributed by atoms with E-state index in [1.54, 1.807) is 17.5 Å². The lowest BCUT2D eigenvalue weighted by molar-refractivity contribution is -0.120. The summed E-state index contributed by atoms with van der Waals surface area (Å²) in [6.45, 7) is 4.00. The second-order valence-corrected chi connectivity index (χ2v) is 7.16. The van der Waals surface area contributed by atoms with E-state index in [0.29, 0.717) is 19.6 Å². The van der Waals surface area contributed by atoms with Crippen LogP contribution >= 0.6 is 11.3 Å². The maximum Gasteiger partial charge on any atom is 0.225 e. The summed E-state index contributed by atoms with van der Waals surface area (Å²) >= 11 is 1.66. The third-order valence-corrected chi connectivity index (χ3v) is 4.86. The number of hydrogen-bond donors (Lipinski definition) is 1. The van der Waals surface area contributed by atoms with Gasteiger partial charge in [0.25, 0.3) is 0 Å². The zero-order valence-corrected chi connectivity index (χ0v) is 14.1. The molecule has 1 aliphatic heterocycles. The molecular formula is C17H21N3O2S. The molecule has 23 heavy (non-hydrogen) atoms. The molecule has 0 aromatic carbocycles. The van der Waals surface area contributed by atoms with Crippen LogP contribution in [-0.4, -0.2) is 29.1 Å². The summed E-state index contributed by atoms with van der Waals surface area (Å²) < 4.78 is 5.49. The Labute approximate surface area is 140 Å². The van der Waals surface area contributed by atoms with Gasteiger partial charge in [0.05, 0.1) is 25.3 Å². The molecule has 1 amide bonds. The molecular weight excluding hydrogens is 310 g/mol. The average Bonchev–Trinajstić information content (AvgIpc) is 2.99. The van der Waals surface area contributed by atoms with Crippen LogP contribution in [0.2, 0.25) is 0 Å². The summed E-state index contributed by atoms with van der Waals surface area (Å²) in [5, 5.41) is 2.93. The van der Waals surface area contributed by atoms with Gasteiger partial charge >= 0.3 is 0 Å². The van der Waals surface area contributed by atoms with Gasteiger partial charge in [0.1, 0.15) is 5.82 Å².